The molecule has 26 heavy (non-hydrogen) atoms. The van der Waals surface area contributed by atoms with E-state index in [-0.39, 0.29) is 12.1 Å². The van der Waals surface area contributed by atoms with Gasteiger partial charge in [-0.25, -0.2) is 9.59 Å². The quantitative estimate of drug-likeness (QED) is 0.841. The number of ether oxygens (including phenoxy) is 2. The maximum Gasteiger partial charge on any atom is 0.414 e. The molecule has 1 aliphatic rings. The molecule has 2 amide bonds. The lowest BCUT2D eigenvalue weighted by atomic mass is 10.1. The second-order valence-corrected chi connectivity index (χ2v) is 7.74. The van der Waals surface area contributed by atoms with Crippen LogP contribution in [0.15, 0.2) is 18.2 Å². The smallest absolute Gasteiger partial charge is 0.414 e. The standard InChI is InChI=1S/C20H30N2O4/c1-6-7-12-22(5)19(24)25-15-10-8-14-9-11-17(16(14)13-15)21-18(23)26-20(2,3)4/h8,10,13,17H,6-7,9,11-12H2,1-5H3,(H,21,23)/t17-/m1/s1. The Bertz CT molecular complexity index is 652. The summed E-state index contributed by atoms with van der Waals surface area (Å²) in [5.74, 6) is 0.495. The van der Waals surface area contributed by atoms with Gasteiger partial charge < -0.3 is 19.7 Å². The minimum absolute atomic E-state index is 0.128. The first-order chi connectivity index (χ1) is 12.2. The summed E-state index contributed by atoms with van der Waals surface area (Å²) in [5.41, 5.74) is 1.61. The highest BCUT2D eigenvalue weighted by Gasteiger charge is 2.27. The zero-order valence-electron chi connectivity index (χ0n) is 16.4. The van der Waals surface area contributed by atoms with Crippen LogP contribution in [0.1, 0.15) is 64.1 Å². The molecule has 0 aliphatic heterocycles. The van der Waals surface area contributed by atoms with Gasteiger partial charge in [0, 0.05) is 13.6 Å². The number of unbranched alkanes of at least 4 members (excludes halogenated alkanes) is 1. The van der Waals surface area contributed by atoms with E-state index in [1.165, 1.54) is 0 Å². The second-order valence-electron chi connectivity index (χ2n) is 7.74. The minimum atomic E-state index is -0.536. The van der Waals surface area contributed by atoms with E-state index in [2.05, 4.69) is 12.2 Å². The molecule has 0 fully saturated rings. The van der Waals surface area contributed by atoms with Gasteiger partial charge in [0.2, 0.25) is 0 Å². The van der Waals surface area contributed by atoms with Gasteiger partial charge in [0.05, 0.1) is 6.04 Å². The van der Waals surface area contributed by atoms with Gasteiger partial charge in [-0.3, -0.25) is 0 Å². The maximum atomic E-state index is 12.1. The summed E-state index contributed by atoms with van der Waals surface area (Å²) in [5, 5.41) is 2.91. The molecule has 1 aliphatic carbocycles. The molecule has 0 spiro atoms. The number of alkyl carbamates (subject to hydrolysis) is 1. The van der Waals surface area contributed by atoms with E-state index in [0.29, 0.717) is 12.3 Å². The third-order valence-corrected chi connectivity index (χ3v) is 4.25. The lowest BCUT2D eigenvalue weighted by Crippen LogP contribution is -2.34. The van der Waals surface area contributed by atoms with Crippen molar-refractivity contribution in [3.63, 3.8) is 0 Å². The van der Waals surface area contributed by atoms with Gasteiger partial charge in [0.15, 0.2) is 0 Å². The van der Waals surface area contributed by atoms with E-state index in [4.69, 9.17) is 9.47 Å². The van der Waals surface area contributed by atoms with Crippen LogP contribution in [0.25, 0.3) is 0 Å². The van der Waals surface area contributed by atoms with E-state index in [1.54, 1.807) is 18.0 Å². The minimum Gasteiger partial charge on any atom is -0.444 e. The number of amides is 2. The van der Waals surface area contributed by atoms with E-state index in [0.717, 1.165) is 36.8 Å². The lowest BCUT2D eigenvalue weighted by molar-refractivity contribution is 0.0503. The van der Waals surface area contributed by atoms with Crippen molar-refractivity contribution in [2.24, 2.45) is 0 Å². The van der Waals surface area contributed by atoms with Gasteiger partial charge in [-0.05, 0) is 63.3 Å². The molecule has 0 saturated carbocycles. The van der Waals surface area contributed by atoms with Gasteiger partial charge in [0.1, 0.15) is 11.4 Å². The monoisotopic (exact) mass is 362 g/mol. The summed E-state index contributed by atoms with van der Waals surface area (Å²) in [7, 11) is 1.73. The molecule has 0 unspecified atom stereocenters. The van der Waals surface area contributed by atoms with Gasteiger partial charge in [-0.1, -0.05) is 19.4 Å². The number of carbonyl (C=O) groups is 2. The van der Waals surface area contributed by atoms with Crippen molar-refractivity contribution in [1.29, 1.82) is 0 Å². The average Bonchev–Trinajstić information content (AvgIpc) is 2.93. The highest BCUT2D eigenvalue weighted by Crippen LogP contribution is 2.34. The van der Waals surface area contributed by atoms with Crippen LogP contribution in [0.3, 0.4) is 0 Å². The maximum absolute atomic E-state index is 12.1. The summed E-state index contributed by atoms with van der Waals surface area (Å²) in [6.45, 7) is 8.26. The number of hydrogen-bond acceptors (Lipinski definition) is 4. The Kier molecular flexibility index (Phi) is 6.51. The van der Waals surface area contributed by atoms with Crippen molar-refractivity contribution in [3.05, 3.63) is 29.3 Å². The largest absolute Gasteiger partial charge is 0.444 e. The molecule has 144 valence electrons. The summed E-state index contributed by atoms with van der Waals surface area (Å²) in [6.07, 6.45) is 2.85. The summed E-state index contributed by atoms with van der Waals surface area (Å²) in [4.78, 5) is 25.8. The Balaban J connectivity index is 2.02. The third kappa shape index (κ3) is 5.64. The first kappa shape index (κ1) is 20.1. The van der Waals surface area contributed by atoms with Crippen LogP contribution in [0.5, 0.6) is 5.75 Å². The van der Waals surface area contributed by atoms with Crippen molar-refractivity contribution in [2.75, 3.05) is 13.6 Å². The topological polar surface area (TPSA) is 67.9 Å². The molecule has 0 radical (unpaired) electrons. The molecule has 6 nitrogen and oxygen atoms in total. The molecule has 0 saturated heterocycles. The molecule has 0 heterocycles. The zero-order valence-corrected chi connectivity index (χ0v) is 16.4. The number of carbonyl (C=O) groups excluding carboxylic acids is 2. The molecule has 2 rings (SSSR count). The molecule has 6 heteroatoms. The van der Waals surface area contributed by atoms with Gasteiger partial charge >= 0.3 is 12.2 Å². The zero-order chi connectivity index (χ0) is 19.3. The van der Waals surface area contributed by atoms with Crippen molar-refractivity contribution < 1.29 is 19.1 Å². The van der Waals surface area contributed by atoms with Gasteiger partial charge in [-0.15, -0.1) is 0 Å². The van der Waals surface area contributed by atoms with E-state index in [1.807, 2.05) is 32.9 Å². The fourth-order valence-electron chi connectivity index (χ4n) is 2.91. The molecule has 1 aromatic carbocycles. The Morgan fingerprint density at radius 1 is 1.31 bits per heavy atom. The van der Waals surface area contributed by atoms with Crippen LogP contribution in [-0.2, 0) is 11.2 Å². The average molecular weight is 362 g/mol. The number of benzene rings is 1. The van der Waals surface area contributed by atoms with Crippen LogP contribution in [-0.4, -0.2) is 36.3 Å². The van der Waals surface area contributed by atoms with Crippen LogP contribution in [0, 0.1) is 0 Å². The summed E-state index contributed by atoms with van der Waals surface area (Å²) < 4.78 is 10.8. The number of aryl methyl sites for hydroxylation is 1. The molecule has 1 N–H and O–H groups in total. The number of fused-ring (bicyclic) bond motifs is 1. The van der Waals surface area contributed by atoms with Crippen LogP contribution in [0.4, 0.5) is 9.59 Å². The van der Waals surface area contributed by atoms with E-state index >= 15 is 0 Å². The van der Waals surface area contributed by atoms with Crippen molar-refractivity contribution in [2.45, 2.75) is 65.0 Å². The first-order valence-corrected chi connectivity index (χ1v) is 9.25. The summed E-state index contributed by atoms with van der Waals surface area (Å²) >= 11 is 0. The highest BCUT2D eigenvalue weighted by molar-refractivity contribution is 5.71. The molecule has 0 aromatic heterocycles. The molecular weight excluding hydrogens is 332 g/mol. The van der Waals surface area contributed by atoms with E-state index in [9.17, 15) is 9.59 Å². The normalized spacial score (nSPS) is 16.0. The van der Waals surface area contributed by atoms with Crippen LogP contribution >= 0.6 is 0 Å². The first-order valence-electron chi connectivity index (χ1n) is 9.25. The fourth-order valence-corrected chi connectivity index (χ4v) is 2.91. The third-order valence-electron chi connectivity index (χ3n) is 4.25. The number of rotatable bonds is 5. The highest BCUT2D eigenvalue weighted by atomic mass is 16.6. The predicted octanol–water partition coefficient (Wildman–Crippen LogP) is 4.43. The van der Waals surface area contributed by atoms with Gasteiger partial charge in [0.25, 0.3) is 0 Å². The fraction of sp³-hybridized carbons (Fsp3) is 0.600. The molecular formula is C20H30N2O4. The number of nitrogens with one attached hydrogen (secondary N) is 1. The van der Waals surface area contributed by atoms with Crippen molar-refractivity contribution in [3.8, 4) is 5.75 Å². The molecule has 1 atom stereocenters. The molecule has 1 aromatic rings. The van der Waals surface area contributed by atoms with Crippen LogP contribution < -0.4 is 10.1 Å². The molecule has 0 bridgehead atoms. The Hall–Kier alpha value is -2.24. The lowest BCUT2D eigenvalue weighted by Gasteiger charge is -2.22. The second kappa shape index (κ2) is 8.43. The summed E-state index contributed by atoms with van der Waals surface area (Å²) in [6, 6.07) is 5.48. The van der Waals surface area contributed by atoms with E-state index < -0.39 is 11.7 Å². The Labute approximate surface area is 155 Å². The van der Waals surface area contributed by atoms with Crippen molar-refractivity contribution >= 4 is 12.2 Å². The Morgan fingerprint density at radius 2 is 2.04 bits per heavy atom. The van der Waals surface area contributed by atoms with Crippen molar-refractivity contribution in [1.82, 2.24) is 10.2 Å². The predicted molar refractivity (Wildman–Crippen MR) is 100 cm³/mol. The Morgan fingerprint density at radius 3 is 2.69 bits per heavy atom. The SMILES string of the molecule is CCCCN(C)C(=O)Oc1ccc2c(c1)[C@H](NC(=O)OC(C)(C)C)CC2. The van der Waals surface area contributed by atoms with Crippen LogP contribution in [0.2, 0.25) is 0 Å². The van der Waals surface area contributed by atoms with Gasteiger partial charge in [-0.2, -0.15) is 0 Å². The number of hydrogen-bond donors (Lipinski definition) is 1. The number of nitrogens with zero attached hydrogens (tertiary/aromatic N) is 1.